The molecule has 0 aliphatic rings. The largest absolute Gasteiger partial charge is 0.443 e. The molecule has 0 aliphatic carbocycles. The normalized spacial score (nSPS) is 10.7. The van der Waals surface area contributed by atoms with E-state index >= 15 is 0 Å². The van der Waals surface area contributed by atoms with Crippen molar-refractivity contribution in [2.45, 2.75) is 26.4 Å². The van der Waals surface area contributed by atoms with Gasteiger partial charge in [0.1, 0.15) is 11.7 Å². The average Bonchev–Trinajstić information content (AvgIpc) is 2.28. The third kappa shape index (κ3) is 4.15. The molecule has 5 heteroatoms. The first kappa shape index (κ1) is 15.3. The lowest BCUT2D eigenvalue weighted by Crippen LogP contribution is -2.37. The zero-order valence-corrected chi connectivity index (χ0v) is 12.0. The molecular weight excluding hydrogens is 264 g/mol. The van der Waals surface area contributed by atoms with Crippen molar-refractivity contribution >= 4 is 23.4 Å². The smallest absolute Gasteiger partial charge is 0.414 e. The van der Waals surface area contributed by atoms with Gasteiger partial charge in [0.05, 0.1) is 11.3 Å². The first-order valence-electron chi connectivity index (χ1n) is 5.78. The number of carbonyl (C=O) groups excluding carboxylic acids is 1. The Balaban J connectivity index is 3.14. The van der Waals surface area contributed by atoms with Gasteiger partial charge in [-0.3, -0.25) is 4.90 Å². The van der Waals surface area contributed by atoms with Crippen LogP contribution < -0.4 is 4.90 Å². The number of nitriles is 1. The van der Waals surface area contributed by atoms with E-state index in [4.69, 9.17) is 21.6 Å². The van der Waals surface area contributed by atoms with Gasteiger partial charge in [0.15, 0.2) is 0 Å². The van der Waals surface area contributed by atoms with Crippen molar-refractivity contribution in [1.82, 2.24) is 0 Å². The van der Waals surface area contributed by atoms with E-state index in [2.05, 4.69) is 6.92 Å². The average molecular weight is 280 g/mol. The monoisotopic (exact) mass is 279 g/mol. The number of benzene rings is 1. The van der Waals surface area contributed by atoms with Gasteiger partial charge >= 0.3 is 6.09 Å². The van der Waals surface area contributed by atoms with Gasteiger partial charge in [0.25, 0.3) is 0 Å². The van der Waals surface area contributed by atoms with Crippen LogP contribution in [0.1, 0.15) is 26.3 Å². The Hall–Kier alpha value is -1.73. The van der Waals surface area contributed by atoms with Crippen molar-refractivity contribution in [1.29, 1.82) is 5.26 Å². The minimum Gasteiger partial charge on any atom is -0.443 e. The number of amides is 1. The molecule has 1 radical (unpaired) electrons. The van der Waals surface area contributed by atoms with Crippen LogP contribution in [-0.2, 0) is 4.74 Å². The molecule has 0 unspecified atom stereocenters. The van der Waals surface area contributed by atoms with Crippen molar-refractivity contribution < 1.29 is 9.53 Å². The number of nitrogens with zero attached hydrogens (tertiary/aromatic N) is 2. The molecular formula is C14H16ClN2O2. The van der Waals surface area contributed by atoms with Crippen LogP contribution in [0.15, 0.2) is 18.2 Å². The molecule has 1 rings (SSSR count). The van der Waals surface area contributed by atoms with Gasteiger partial charge in [-0.05, 0) is 45.9 Å². The molecule has 4 nitrogen and oxygen atoms in total. The molecule has 0 fully saturated rings. The van der Waals surface area contributed by atoms with Gasteiger partial charge < -0.3 is 4.74 Å². The fourth-order valence-electron chi connectivity index (χ4n) is 1.45. The topological polar surface area (TPSA) is 53.3 Å². The highest BCUT2D eigenvalue weighted by atomic mass is 35.5. The summed E-state index contributed by atoms with van der Waals surface area (Å²) in [5, 5.41) is 9.52. The standard InChI is InChI=1S/C14H16ClN2O2/c1-5-17(13(18)19-14(2,3)4)12-8-11(15)7-6-10(12)9-16/h6-8H,1,5H2,2-4H3. The highest BCUT2D eigenvalue weighted by Gasteiger charge is 2.24. The van der Waals surface area contributed by atoms with Gasteiger partial charge in [-0.15, -0.1) is 0 Å². The van der Waals surface area contributed by atoms with Crippen molar-refractivity contribution in [3.63, 3.8) is 0 Å². The van der Waals surface area contributed by atoms with Crippen LogP contribution in [0.5, 0.6) is 0 Å². The summed E-state index contributed by atoms with van der Waals surface area (Å²) in [7, 11) is 0. The first-order valence-corrected chi connectivity index (χ1v) is 6.15. The molecule has 1 amide bonds. The lowest BCUT2D eigenvalue weighted by atomic mass is 10.1. The predicted octanol–water partition coefficient (Wildman–Crippen LogP) is 3.79. The molecule has 0 aromatic heterocycles. The molecule has 0 spiro atoms. The summed E-state index contributed by atoms with van der Waals surface area (Å²) in [4.78, 5) is 13.4. The molecule has 19 heavy (non-hydrogen) atoms. The van der Waals surface area contributed by atoms with Gasteiger partial charge in [-0.1, -0.05) is 11.6 Å². The molecule has 0 heterocycles. The number of halogens is 1. The summed E-state index contributed by atoms with van der Waals surface area (Å²) in [5.41, 5.74) is 0.133. The Labute approximate surface area is 118 Å². The minimum atomic E-state index is -0.615. The van der Waals surface area contributed by atoms with Crippen LogP contribution in [0.25, 0.3) is 0 Å². The third-order valence-electron chi connectivity index (χ3n) is 2.21. The molecule has 1 aromatic rings. The second-order valence-corrected chi connectivity index (χ2v) is 5.34. The van der Waals surface area contributed by atoms with Crippen LogP contribution in [0.4, 0.5) is 10.5 Å². The van der Waals surface area contributed by atoms with E-state index in [1.807, 2.05) is 6.07 Å². The zero-order chi connectivity index (χ0) is 14.6. The summed E-state index contributed by atoms with van der Waals surface area (Å²) in [5.74, 6) is 0. The Morgan fingerprint density at radius 3 is 2.63 bits per heavy atom. The molecule has 0 saturated carbocycles. The minimum absolute atomic E-state index is 0.143. The van der Waals surface area contributed by atoms with Crippen LogP contribution >= 0.6 is 11.6 Å². The summed E-state index contributed by atoms with van der Waals surface area (Å²) in [6.45, 7) is 9.15. The summed E-state index contributed by atoms with van der Waals surface area (Å²) < 4.78 is 5.28. The summed E-state index contributed by atoms with van der Waals surface area (Å²) in [6, 6.07) is 6.73. The maximum Gasteiger partial charge on any atom is 0.414 e. The van der Waals surface area contributed by atoms with Crippen molar-refractivity contribution in [3.05, 3.63) is 35.7 Å². The van der Waals surface area contributed by atoms with Crippen LogP contribution in [-0.4, -0.2) is 18.2 Å². The second-order valence-electron chi connectivity index (χ2n) is 4.91. The maximum absolute atomic E-state index is 12.1. The van der Waals surface area contributed by atoms with E-state index in [1.54, 1.807) is 39.0 Å². The SMILES string of the molecule is [CH2]CN(C(=O)OC(C)(C)C)c1cc(Cl)ccc1C#N. The fraction of sp³-hybridized carbons (Fsp3) is 0.357. The van der Waals surface area contributed by atoms with E-state index in [0.29, 0.717) is 16.3 Å². The van der Waals surface area contributed by atoms with Gasteiger partial charge in [-0.25, -0.2) is 4.79 Å². The van der Waals surface area contributed by atoms with E-state index in [1.165, 1.54) is 4.90 Å². The lowest BCUT2D eigenvalue weighted by molar-refractivity contribution is 0.0584. The third-order valence-corrected chi connectivity index (χ3v) is 2.44. The van der Waals surface area contributed by atoms with Crippen LogP contribution in [0.3, 0.4) is 0 Å². The summed E-state index contributed by atoms with van der Waals surface area (Å²) >= 11 is 5.90. The van der Waals surface area contributed by atoms with Gasteiger partial charge in [0, 0.05) is 11.6 Å². The Morgan fingerprint density at radius 1 is 1.53 bits per heavy atom. The van der Waals surface area contributed by atoms with Gasteiger partial charge in [-0.2, -0.15) is 5.26 Å². The Morgan fingerprint density at radius 2 is 2.16 bits per heavy atom. The lowest BCUT2D eigenvalue weighted by Gasteiger charge is -2.27. The molecule has 0 saturated heterocycles. The number of anilines is 1. The number of ether oxygens (including phenoxy) is 1. The van der Waals surface area contributed by atoms with Crippen LogP contribution in [0, 0.1) is 18.3 Å². The van der Waals surface area contributed by atoms with Crippen molar-refractivity contribution in [3.8, 4) is 6.07 Å². The van der Waals surface area contributed by atoms with Crippen molar-refractivity contribution in [2.24, 2.45) is 0 Å². The molecule has 1 aromatic carbocycles. The molecule has 0 atom stereocenters. The quantitative estimate of drug-likeness (QED) is 0.828. The highest BCUT2D eigenvalue weighted by Crippen LogP contribution is 2.25. The van der Waals surface area contributed by atoms with Crippen molar-refractivity contribution in [2.75, 3.05) is 11.4 Å². The number of hydrogen-bond acceptors (Lipinski definition) is 3. The van der Waals surface area contributed by atoms with Crippen LogP contribution in [0.2, 0.25) is 5.02 Å². The van der Waals surface area contributed by atoms with E-state index in [0.717, 1.165) is 0 Å². The number of carbonyl (C=O) groups is 1. The number of hydrogen-bond donors (Lipinski definition) is 0. The molecule has 0 N–H and O–H groups in total. The van der Waals surface area contributed by atoms with E-state index in [9.17, 15) is 4.79 Å². The molecule has 0 bridgehead atoms. The number of rotatable bonds is 2. The Kier molecular flexibility index (Phi) is 4.79. The Bertz CT molecular complexity index is 515. The molecule has 0 aliphatic heterocycles. The first-order chi connectivity index (χ1) is 8.78. The molecule has 101 valence electrons. The summed E-state index contributed by atoms with van der Waals surface area (Å²) in [6.07, 6.45) is -0.554. The van der Waals surface area contributed by atoms with E-state index < -0.39 is 11.7 Å². The predicted molar refractivity (Wildman–Crippen MR) is 75.1 cm³/mol. The second kappa shape index (κ2) is 5.94. The highest BCUT2D eigenvalue weighted by molar-refractivity contribution is 6.31. The zero-order valence-electron chi connectivity index (χ0n) is 11.2. The van der Waals surface area contributed by atoms with E-state index in [-0.39, 0.29) is 6.54 Å². The maximum atomic E-state index is 12.1. The fourth-order valence-corrected chi connectivity index (χ4v) is 1.62. The van der Waals surface area contributed by atoms with Gasteiger partial charge in [0.2, 0.25) is 0 Å².